The van der Waals surface area contributed by atoms with Gasteiger partial charge in [-0.1, -0.05) is 18.2 Å². The van der Waals surface area contributed by atoms with Crippen LogP contribution in [-0.2, 0) is 4.79 Å². The third kappa shape index (κ3) is 2.20. The minimum atomic E-state index is -0.0556. The van der Waals surface area contributed by atoms with E-state index in [0.29, 0.717) is 5.92 Å². The molecule has 2 atom stereocenters. The van der Waals surface area contributed by atoms with Crippen molar-refractivity contribution >= 4 is 16.8 Å². The molecule has 1 aliphatic heterocycles. The predicted molar refractivity (Wildman–Crippen MR) is 78.5 cm³/mol. The Morgan fingerprint density at radius 3 is 3.00 bits per heavy atom. The van der Waals surface area contributed by atoms with Gasteiger partial charge in [-0.05, 0) is 30.4 Å². The van der Waals surface area contributed by atoms with Gasteiger partial charge in [-0.3, -0.25) is 4.79 Å². The molecule has 0 spiro atoms. The third-order valence-corrected chi connectivity index (χ3v) is 4.39. The molecule has 106 valence electrons. The van der Waals surface area contributed by atoms with E-state index in [-0.39, 0.29) is 18.6 Å². The molecule has 3 rings (SSSR count). The molecule has 4 nitrogen and oxygen atoms in total. The van der Waals surface area contributed by atoms with Crippen LogP contribution in [-0.4, -0.2) is 40.1 Å². The van der Waals surface area contributed by atoms with Gasteiger partial charge in [0.1, 0.15) is 0 Å². The van der Waals surface area contributed by atoms with Crippen molar-refractivity contribution in [2.45, 2.75) is 31.7 Å². The topological polar surface area (TPSA) is 56.3 Å². The summed E-state index contributed by atoms with van der Waals surface area (Å²) in [4.78, 5) is 16.7. The Balaban J connectivity index is 1.87. The molecule has 2 N–H and O–H groups in total. The van der Waals surface area contributed by atoms with Gasteiger partial charge in [-0.25, -0.2) is 0 Å². The van der Waals surface area contributed by atoms with Crippen LogP contribution in [0.5, 0.6) is 0 Å². The minimum absolute atomic E-state index is 0.0401. The fourth-order valence-electron chi connectivity index (χ4n) is 3.35. The van der Waals surface area contributed by atoms with E-state index in [0.717, 1.165) is 24.9 Å². The lowest BCUT2D eigenvalue weighted by Gasteiger charge is -2.38. The van der Waals surface area contributed by atoms with Gasteiger partial charge in [0.25, 0.3) is 0 Å². The standard InChI is InChI=1S/C16H20N2O2/c1-11(20)18-7-6-12(8-13(18)10-19)15-9-17-16-5-3-2-4-14(15)16/h2-5,9,12-13,17,19H,6-8,10H2,1H3. The van der Waals surface area contributed by atoms with Crippen LogP contribution in [0.3, 0.4) is 0 Å². The van der Waals surface area contributed by atoms with Crippen molar-refractivity contribution in [3.8, 4) is 0 Å². The van der Waals surface area contributed by atoms with Crippen LogP contribution in [0.25, 0.3) is 10.9 Å². The molecule has 4 heteroatoms. The number of amides is 1. The number of H-pyrrole nitrogens is 1. The molecule has 1 fully saturated rings. The van der Waals surface area contributed by atoms with Crippen LogP contribution < -0.4 is 0 Å². The van der Waals surface area contributed by atoms with E-state index in [9.17, 15) is 9.90 Å². The second-order valence-electron chi connectivity index (χ2n) is 5.56. The minimum Gasteiger partial charge on any atom is -0.394 e. The molecule has 2 unspecified atom stereocenters. The van der Waals surface area contributed by atoms with Crippen LogP contribution in [0.4, 0.5) is 0 Å². The average molecular weight is 272 g/mol. The molecule has 0 bridgehead atoms. The van der Waals surface area contributed by atoms with Gasteiger partial charge >= 0.3 is 0 Å². The molecule has 0 radical (unpaired) electrons. The van der Waals surface area contributed by atoms with Crippen LogP contribution in [0.15, 0.2) is 30.5 Å². The zero-order chi connectivity index (χ0) is 14.1. The van der Waals surface area contributed by atoms with Crippen LogP contribution in [0, 0.1) is 0 Å². The molecular formula is C16H20N2O2. The zero-order valence-electron chi connectivity index (χ0n) is 11.7. The SMILES string of the molecule is CC(=O)N1CCC(c2c[nH]c3ccccc23)CC1CO. The van der Waals surface area contributed by atoms with Crippen LogP contribution in [0.2, 0.25) is 0 Å². The van der Waals surface area contributed by atoms with Gasteiger partial charge in [-0.2, -0.15) is 0 Å². The number of aromatic nitrogens is 1. The number of para-hydroxylation sites is 1. The molecule has 1 aromatic heterocycles. The number of fused-ring (bicyclic) bond motifs is 1. The summed E-state index contributed by atoms with van der Waals surface area (Å²) in [6.45, 7) is 2.35. The molecule has 1 saturated heterocycles. The fraction of sp³-hybridized carbons (Fsp3) is 0.438. The van der Waals surface area contributed by atoms with Crippen LogP contribution >= 0.6 is 0 Å². The smallest absolute Gasteiger partial charge is 0.219 e. The Bertz CT molecular complexity index is 620. The summed E-state index contributed by atoms with van der Waals surface area (Å²) in [6.07, 6.45) is 3.86. The van der Waals surface area contributed by atoms with E-state index >= 15 is 0 Å². The number of nitrogens with one attached hydrogen (secondary N) is 1. The summed E-state index contributed by atoms with van der Waals surface area (Å²) in [5.41, 5.74) is 2.46. The van der Waals surface area contributed by atoms with E-state index in [1.54, 1.807) is 11.8 Å². The third-order valence-electron chi connectivity index (χ3n) is 4.39. The summed E-state index contributed by atoms with van der Waals surface area (Å²) in [5.74, 6) is 0.459. The number of carbonyl (C=O) groups is 1. The van der Waals surface area contributed by atoms with Crippen molar-refractivity contribution in [2.24, 2.45) is 0 Å². The van der Waals surface area contributed by atoms with Crippen molar-refractivity contribution < 1.29 is 9.90 Å². The van der Waals surface area contributed by atoms with Crippen LogP contribution in [0.1, 0.15) is 31.2 Å². The lowest BCUT2D eigenvalue weighted by atomic mass is 9.85. The molecule has 0 saturated carbocycles. The Hall–Kier alpha value is -1.81. The quantitative estimate of drug-likeness (QED) is 0.881. The second-order valence-corrected chi connectivity index (χ2v) is 5.56. The molecule has 2 heterocycles. The van der Waals surface area contributed by atoms with E-state index in [1.807, 2.05) is 12.1 Å². The van der Waals surface area contributed by atoms with Gasteiger partial charge in [-0.15, -0.1) is 0 Å². The number of aliphatic hydroxyl groups is 1. The average Bonchev–Trinajstić information content (AvgIpc) is 2.90. The number of rotatable bonds is 2. The second kappa shape index (κ2) is 5.29. The highest BCUT2D eigenvalue weighted by Gasteiger charge is 2.31. The number of nitrogens with zero attached hydrogens (tertiary/aromatic N) is 1. The fourth-order valence-corrected chi connectivity index (χ4v) is 3.35. The maximum Gasteiger partial charge on any atom is 0.219 e. The lowest BCUT2D eigenvalue weighted by molar-refractivity contribution is -0.133. The first-order valence-corrected chi connectivity index (χ1v) is 7.14. The van der Waals surface area contributed by atoms with E-state index in [2.05, 4.69) is 23.3 Å². The molecule has 1 aromatic carbocycles. The van der Waals surface area contributed by atoms with Crippen molar-refractivity contribution in [1.29, 1.82) is 0 Å². The largest absolute Gasteiger partial charge is 0.394 e. The molecular weight excluding hydrogens is 252 g/mol. The van der Waals surface area contributed by atoms with E-state index in [1.165, 1.54) is 10.9 Å². The summed E-state index contributed by atoms with van der Waals surface area (Å²) < 4.78 is 0. The molecule has 20 heavy (non-hydrogen) atoms. The Labute approximate surface area is 118 Å². The summed E-state index contributed by atoms with van der Waals surface area (Å²) in [7, 11) is 0. The highest BCUT2D eigenvalue weighted by molar-refractivity contribution is 5.83. The number of piperidine rings is 1. The summed E-state index contributed by atoms with van der Waals surface area (Å²) in [6, 6.07) is 8.23. The zero-order valence-corrected chi connectivity index (χ0v) is 11.7. The first kappa shape index (κ1) is 13.2. The van der Waals surface area contributed by atoms with Gasteiger partial charge in [0.05, 0.1) is 12.6 Å². The Morgan fingerprint density at radius 1 is 1.45 bits per heavy atom. The lowest BCUT2D eigenvalue weighted by Crippen LogP contribution is -2.46. The maximum absolute atomic E-state index is 11.6. The molecule has 0 aliphatic carbocycles. The normalized spacial score (nSPS) is 23.2. The Morgan fingerprint density at radius 2 is 2.25 bits per heavy atom. The first-order valence-electron chi connectivity index (χ1n) is 7.14. The van der Waals surface area contributed by atoms with E-state index < -0.39 is 0 Å². The van der Waals surface area contributed by atoms with Gasteiger partial charge in [0.2, 0.25) is 5.91 Å². The molecule has 2 aromatic rings. The highest BCUT2D eigenvalue weighted by Crippen LogP contribution is 2.35. The molecule has 1 aliphatic rings. The summed E-state index contributed by atoms with van der Waals surface area (Å²) >= 11 is 0. The Kier molecular flexibility index (Phi) is 3.49. The predicted octanol–water partition coefficient (Wildman–Crippen LogP) is 2.25. The van der Waals surface area contributed by atoms with Gasteiger partial charge in [0, 0.05) is 30.6 Å². The van der Waals surface area contributed by atoms with Gasteiger partial charge in [0.15, 0.2) is 0 Å². The number of carbonyl (C=O) groups excluding carboxylic acids is 1. The molecule has 1 amide bonds. The summed E-state index contributed by atoms with van der Waals surface area (Å²) in [5, 5.41) is 10.8. The maximum atomic E-state index is 11.6. The number of aliphatic hydroxyl groups excluding tert-OH is 1. The van der Waals surface area contributed by atoms with E-state index in [4.69, 9.17) is 0 Å². The number of hydrogen-bond acceptors (Lipinski definition) is 2. The first-order chi connectivity index (χ1) is 9.70. The monoisotopic (exact) mass is 272 g/mol. The number of aromatic amines is 1. The van der Waals surface area contributed by atoms with Gasteiger partial charge < -0.3 is 15.0 Å². The number of likely N-dealkylation sites (tertiary alicyclic amines) is 1. The highest BCUT2D eigenvalue weighted by atomic mass is 16.3. The van der Waals surface area contributed by atoms with Crippen molar-refractivity contribution in [3.05, 3.63) is 36.0 Å². The van der Waals surface area contributed by atoms with Crippen molar-refractivity contribution in [3.63, 3.8) is 0 Å². The van der Waals surface area contributed by atoms with Crippen molar-refractivity contribution in [2.75, 3.05) is 13.2 Å². The number of benzene rings is 1. The number of hydrogen-bond donors (Lipinski definition) is 2. The van der Waals surface area contributed by atoms with Crippen molar-refractivity contribution in [1.82, 2.24) is 9.88 Å².